The lowest BCUT2D eigenvalue weighted by atomic mass is 10.6. The van der Waals surface area contributed by atoms with Crippen LogP contribution in [0.1, 0.15) is 0 Å². The number of aromatic nitrogens is 1. The molecule has 0 aliphatic carbocycles. The van der Waals surface area contributed by atoms with Crippen LogP contribution in [0, 0.1) is 0 Å². The normalized spacial score (nSPS) is 12.2. The van der Waals surface area contributed by atoms with Gasteiger partial charge in [-0.15, -0.1) is 0 Å². The molecule has 0 aliphatic heterocycles. The van der Waals surface area contributed by atoms with E-state index in [1.807, 2.05) is 0 Å². The fourth-order valence-corrected chi connectivity index (χ4v) is 3.23. The first-order valence-corrected chi connectivity index (χ1v) is 6.84. The van der Waals surface area contributed by atoms with Gasteiger partial charge in [0.15, 0.2) is 11.2 Å². The number of hydrogen-bond donors (Lipinski definition) is 1. The van der Waals surface area contributed by atoms with Gasteiger partial charge in [-0.3, -0.25) is 10.1 Å². The number of thiazole rings is 1. The quantitative estimate of drug-likeness (QED) is 0.528. The maximum atomic E-state index is 12.0. The second-order valence-electron chi connectivity index (χ2n) is 2.83. The highest BCUT2D eigenvalue weighted by molar-refractivity contribution is 8.01. The van der Waals surface area contributed by atoms with E-state index in [2.05, 4.69) is 9.72 Å². The predicted molar refractivity (Wildman–Crippen MR) is 61.0 cm³/mol. The van der Waals surface area contributed by atoms with Gasteiger partial charge in [0.1, 0.15) is 10.5 Å². The van der Waals surface area contributed by atoms with Gasteiger partial charge in [0, 0.05) is 0 Å². The fourth-order valence-electron chi connectivity index (χ4n) is 0.925. The molecule has 0 radical (unpaired) electrons. The molecule has 1 aromatic heterocycles. The number of rotatable bonds is 3. The van der Waals surface area contributed by atoms with Crippen molar-refractivity contribution in [2.45, 2.75) is 10.5 Å². The average molecular weight is 301 g/mol. The number of amides is 1. The van der Waals surface area contributed by atoms with Crippen molar-refractivity contribution in [2.24, 2.45) is 0 Å². The second-order valence-corrected chi connectivity index (χ2v) is 5.51. The molecule has 10 heteroatoms. The Morgan fingerprint density at radius 1 is 1.50 bits per heavy atom. The third-order valence-electron chi connectivity index (χ3n) is 1.65. The molecule has 18 heavy (non-hydrogen) atoms. The first-order chi connectivity index (χ1) is 8.29. The molecule has 100 valence electrons. The van der Waals surface area contributed by atoms with Crippen LogP contribution in [-0.4, -0.2) is 35.7 Å². The number of nitrogens with one attached hydrogen (secondary N) is 1. The molecule has 1 unspecified atom stereocenters. The molecule has 0 aromatic carbocycles. The molecular formula is C8H8F3N2O3S2+. The minimum Gasteiger partial charge on any atom is -0.425 e. The van der Waals surface area contributed by atoms with Crippen molar-refractivity contribution in [3.63, 3.8) is 0 Å². The van der Waals surface area contributed by atoms with E-state index < -0.39 is 27.9 Å². The van der Waals surface area contributed by atoms with Gasteiger partial charge in [-0.2, -0.15) is 22.9 Å². The zero-order valence-electron chi connectivity index (χ0n) is 9.20. The van der Waals surface area contributed by atoms with E-state index in [4.69, 9.17) is 0 Å². The van der Waals surface area contributed by atoms with Crippen LogP contribution in [0.5, 0.6) is 0 Å². The Labute approximate surface area is 107 Å². The van der Waals surface area contributed by atoms with Crippen LogP contribution in [0.4, 0.5) is 23.8 Å². The highest BCUT2D eigenvalue weighted by Crippen LogP contribution is 2.35. The third kappa shape index (κ3) is 3.35. The maximum absolute atomic E-state index is 12.0. The second kappa shape index (κ2) is 5.57. The topological polar surface area (TPSA) is 68.3 Å². The SMILES string of the molecule is COC(=O)[s+]1cc(NC(=O)C(F)(F)F)nc1SC. The van der Waals surface area contributed by atoms with Crippen LogP contribution in [0.2, 0.25) is 0 Å². The van der Waals surface area contributed by atoms with Crippen molar-refractivity contribution < 1.29 is 27.5 Å². The van der Waals surface area contributed by atoms with E-state index in [9.17, 15) is 22.8 Å². The Balaban J connectivity index is 2.96. The van der Waals surface area contributed by atoms with Crippen LogP contribution in [0.25, 0.3) is 0 Å². The molecule has 0 aliphatic rings. The molecule has 0 saturated carbocycles. The summed E-state index contributed by atoms with van der Waals surface area (Å²) in [6.45, 7) is 0. The minimum atomic E-state index is -5.00. The molecule has 0 fully saturated rings. The van der Waals surface area contributed by atoms with Crippen LogP contribution >= 0.6 is 22.2 Å². The minimum absolute atomic E-state index is 0.291. The van der Waals surface area contributed by atoms with E-state index in [1.165, 1.54) is 0 Å². The van der Waals surface area contributed by atoms with Gasteiger partial charge in [-0.05, 0) is 6.26 Å². The zero-order valence-corrected chi connectivity index (χ0v) is 10.8. The summed E-state index contributed by atoms with van der Waals surface area (Å²) in [5.41, 5.74) is 0. The van der Waals surface area contributed by atoms with Crippen molar-refractivity contribution in [2.75, 3.05) is 18.7 Å². The summed E-state index contributed by atoms with van der Waals surface area (Å²) in [7, 11) is -0.0153. The number of carbonyl (C=O) groups is 2. The van der Waals surface area contributed by atoms with Crippen molar-refractivity contribution >= 4 is 39.3 Å². The van der Waals surface area contributed by atoms with Gasteiger partial charge < -0.3 is 4.74 Å². The van der Waals surface area contributed by atoms with Crippen molar-refractivity contribution in [3.05, 3.63) is 5.38 Å². The molecule has 1 N–H and O–H groups in total. The molecule has 0 bridgehead atoms. The lowest BCUT2D eigenvalue weighted by Crippen LogP contribution is -2.30. The number of alkyl halides is 3. The Bertz CT molecular complexity index is 473. The van der Waals surface area contributed by atoms with Gasteiger partial charge in [0.2, 0.25) is 0 Å². The van der Waals surface area contributed by atoms with Gasteiger partial charge >= 0.3 is 21.7 Å². The largest absolute Gasteiger partial charge is 0.556 e. The summed E-state index contributed by atoms with van der Waals surface area (Å²) in [4.78, 5) is 25.8. The lowest BCUT2D eigenvalue weighted by molar-refractivity contribution is -0.167. The van der Waals surface area contributed by atoms with Crippen molar-refractivity contribution in [1.82, 2.24) is 4.98 Å². The summed E-state index contributed by atoms with van der Waals surface area (Å²) >= 11 is 1.10. The van der Waals surface area contributed by atoms with E-state index in [-0.39, 0.29) is 5.82 Å². The molecule has 5 nitrogen and oxygen atoms in total. The number of nitrogens with zero attached hydrogens (tertiary/aromatic N) is 1. The van der Waals surface area contributed by atoms with Gasteiger partial charge in [0.25, 0.3) is 0 Å². The summed E-state index contributed by atoms with van der Waals surface area (Å²) in [5, 5.41) is 2.10. The molecule has 1 heterocycles. The van der Waals surface area contributed by atoms with E-state index in [0.717, 1.165) is 24.3 Å². The van der Waals surface area contributed by atoms with Crippen LogP contribution in [0.15, 0.2) is 9.72 Å². The van der Waals surface area contributed by atoms with Gasteiger partial charge in [0.05, 0.1) is 7.11 Å². The standard InChI is InChI=1S/C8H7F3N2O3S2/c1-16-7(15)18-3-4(13-6(18)17-2)12-5(14)8(9,10)11/h3H,1-2H3/p+1. The van der Waals surface area contributed by atoms with Crippen molar-refractivity contribution in [1.29, 1.82) is 0 Å². The number of carbonyl (C=O) groups excluding carboxylic acids is 2. The molecule has 1 atom stereocenters. The number of anilines is 1. The first kappa shape index (κ1) is 14.8. The smallest absolute Gasteiger partial charge is 0.425 e. The number of halogens is 3. The van der Waals surface area contributed by atoms with Crippen LogP contribution < -0.4 is 5.32 Å². The molecule has 0 saturated heterocycles. The monoisotopic (exact) mass is 301 g/mol. The van der Waals surface area contributed by atoms with E-state index in [1.54, 1.807) is 11.6 Å². The molecule has 1 amide bonds. The zero-order chi connectivity index (χ0) is 13.9. The maximum Gasteiger partial charge on any atom is 0.556 e. The Hall–Kier alpha value is -1.29. The summed E-state index contributed by atoms with van der Waals surface area (Å²) < 4.78 is 40.8. The summed E-state index contributed by atoms with van der Waals surface area (Å²) in [6, 6.07) is 0. The highest BCUT2D eigenvalue weighted by atomic mass is 32.2. The molecular weight excluding hydrogens is 293 g/mol. The lowest BCUT2D eigenvalue weighted by Gasteiger charge is -2.03. The van der Waals surface area contributed by atoms with Crippen LogP contribution in [-0.2, 0) is 9.53 Å². The molecule has 0 spiro atoms. The first-order valence-electron chi connectivity index (χ1n) is 4.33. The molecule has 1 rings (SSSR count). The van der Waals surface area contributed by atoms with E-state index >= 15 is 0 Å². The number of methoxy groups -OCH3 is 1. The van der Waals surface area contributed by atoms with E-state index in [0.29, 0.717) is 4.34 Å². The fraction of sp³-hybridized carbons (Fsp3) is 0.375. The van der Waals surface area contributed by atoms with Gasteiger partial charge in [-0.1, -0.05) is 11.8 Å². The predicted octanol–water partition coefficient (Wildman–Crippen LogP) is 2.67. The summed E-state index contributed by atoms with van der Waals surface area (Å²) in [5.74, 6) is -2.43. The van der Waals surface area contributed by atoms with Crippen molar-refractivity contribution in [3.8, 4) is 0 Å². The highest BCUT2D eigenvalue weighted by Gasteiger charge is 2.40. The Morgan fingerprint density at radius 3 is 2.56 bits per heavy atom. The Morgan fingerprint density at radius 2 is 2.11 bits per heavy atom. The molecule has 1 aromatic rings. The van der Waals surface area contributed by atoms with Gasteiger partial charge in [-0.25, -0.2) is 0 Å². The number of ether oxygens (including phenoxy) is 1. The van der Waals surface area contributed by atoms with Crippen LogP contribution in [0.3, 0.4) is 0 Å². The summed E-state index contributed by atoms with van der Waals surface area (Å²) in [6.07, 6.45) is -3.38. The number of hydrogen-bond acceptors (Lipinski definition) is 5. The Kier molecular flexibility index (Phi) is 4.57. The number of thioether (sulfide) groups is 1. The average Bonchev–Trinajstić information content (AvgIpc) is 2.69. The third-order valence-corrected chi connectivity index (χ3v) is 4.58.